The number of nitrogens with zero attached hydrogens (tertiary/aromatic N) is 4. The quantitative estimate of drug-likeness (QED) is 0.372. The molecule has 0 radical (unpaired) electrons. The topological polar surface area (TPSA) is 104 Å². The largest absolute Gasteiger partial charge is 0.405 e. The number of allylic oxidation sites excluding steroid dienone is 3. The van der Waals surface area contributed by atoms with E-state index in [0.29, 0.717) is 12.2 Å². The monoisotopic (exact) mass is 467 g/mol. The van der Waals surface area contributed by atoms with E-state index in [0.717, 1.165) is 70.8 Å². The molecule has 0 spiro atoms. The first kappa shape index (κ1) is 22.8. The van der Waals surface area contributed by atoms with Crippen LogP contribution >= 0.6 is 0 Å². The van der Waals surface area contributed by atoms with Gasteiger partial charge in [0.25, 0.3) is 0 Å². The van der Waals surface area contributed by atoms with Gasteiger partial charge < -0.3 is 31.1 Å². The number of aromatic nitrogens is 3. The molecular weight excluding hydrogens is 434 g/mol. The van der Waals surface area contributed by atoms with Crippen LogP contribution in [0.1, 0.15) is 24.1 Å². The molecule has 0 saturated carbocycles. The Labute approximate surface area is 205 Å². The third-order valence-corrected chi connectivity index (χ3v) is 6.85. The summed E-state index contributed by atoms with van der Waals surface area (Å²) in [6.45, 7) is 8.85. The van der Waals surface area contributed by atoms with E-state index in [4.69, 9.17) is 22.2 Å². The molecule has 3 aromatic heterocycles. The van der Waals surface area contributed by atoms with E-state index in [1.54, 1.807) is 6.08 Å². The van der Waals surface area contributed by atoms with Gasteiger partial charge in [0.15, 0.2) is 0 Å². The van der Waals surface area contributed by atoms with Gasteiger partial charge in [-0.2, -0.15) is 0 Å². The van der Waals surface area contributed by atoms with Gasteiger partial charge >= 0.3 is 0 Å². The van der Waals surface area contributed by atoms with Gasteiger partial charge in [0.2, 0.25) is 0 Å². The lowest BCUT2D eigenvalue weighted by molar-refractivity contribution is 0.296. The second kappa shape index (κ2) is 9.35. The Morgan fingerprint density at radius 3 is 2.86 bits per heavy atom. The van der Waals surface area contributed by atoms with Crippen molar-refractivity contribution in [2.75, 3.05) is 13.1 Å². The van der Waals surface area contributed by atoms with Crippen LogP contribution in [0.3, 0.4) is 0 Å². The number of imidazole rings is 1. The average Bonchev–Trinajstić information content (AvgIpc) is 3.39. The average molecular weight is 468 g/mol. The van der Waals surface area contributed by atoms with Crippen molar-refractivity contribution in [2.24, 2.45) is 17.2 Å². The van der Waals surface area contributed by atoms with Crippen LogP contribution in [0.4, 0.5) is 0 Å². The summed E-state index contributed by atoms with van der Waals surface area (Å²) in [7, 11) is 0. The molecule has 1 unspecified atom stereocenters. The Morgan fingerprint density at radius 1 is 1.23 bits per heavy atom. The van der Waals surface area contributed by atoms with E-state index in [-0.39, 0.29) is 6.04 Å². The van der Waals surface area contributed by atoms with Crippen molar-refractivity contribution < 1.29 is 0 Å². The fourth-order valence-corrected chi connectivity index (χ4v) is 5.02. The van der Waals surface area contributed by atoms with Crippen molar-refractivity contribution >= 4 is 22.2 Å². The van der Waals surface area contributed by atoms with E-state index < -0.39 is 0 Å². The maximum Gasteiger partial charge on any atom is 0.138 e. The molecule has 0 amide bonds. The molecule has 5 rings (SSSR count). The number of para-hydroxylation sites is 1. The Kier molecular flexibility index (Phi) is 6.09. The zero-order valence-corrected chi connectivity index (χ0v) is 20.2. The number of pyridine rings is 1. The van der Waals surface area contributed by atoms with Gasteiger partial charge in [-0.15, -0.1) is 0 Å². The van der Waals surface area contributed by atoms with Crippen LogP contribution in [0.5, 0.6) is 0 Å². The number of aryl methyl sites for hydroxylation is 1. The first-order chi connectivity index (χ1) is 17.0. The van der Waals surface area contributed by atoms with Crippen LogP contribution < -0.4 is 17.2 Å². The molecule has 7 nitrogen and oxygen atoms in total. The number of nitrogens with two attached hydrogens (primary N) is 3. The summed E-state index contributed by atoms with van der Waals surface area (Å²) in [4.78, 5) is 7.37. The molecule has 7 heteroatoms. The summed E-state index contributed by atoms with van der Waals surface area (Å²) in [5.74, 6) is 0. The maximum atomic E-state index is 6.32. The van der Waals surface area contributed by atoms with Crippen molar-refractivity contribution in [1.82, 2.24) is 18.9 Å². The maximum absolute atomic E-state index is 6.32. The lowest BCUT2D eigenvalue weighted by atomic mass is 10.0. The SMILES string of the molecule is C=C(c1ccn2c(C)c(-c3cc4ccccc4n3C/C(N)=C/C=C\N)nc2c1)N1CCCC(N)C1. The minimum absolute atomic E-state index is 0.202. The fraction of sp³-hybridized carbons (Fsp3) is 0.250. The number of piperidine rings is 1. The van der Waals surface area contributed by atoms with Crippen LogP contribution in [0.25, 0.3) is 33.6 Å². The van der Waals surface area contributed by atoms with Crippen LogP contribution in [0.2, 0.25) is 0 Å². The smallest absolute Gasteiger partial charge is 0.138 e. The van der Waals surface area contributed by atoms with Crippen molar-refractivity contribution in [3.05, 3.63) is 90.5 Å². The van der Waals surface area contributed by atoms with Gasteiger partial charge in [0.1, 0.15) is 11.3 Å². The molecule has 1 aliphatic rings. The standard InChI is InChI=1S/C28H33N7/c1-19(33-13-6-9-23(30)17-33)21-11-14-34-20(2)28(32-27(34)16-21)26-15-22-7-3-4-10-25(22)35(26)18-24(31)8-5-12-29/h3-5,7-8,10-12,14-16,23H,1,6,9,13,17-18,29-31H2,2H3/b12-5-,24-8-. The molecule has 1 fully saturated rings. The third kappa shape index (κ3) is 4.31. The van der Waals surface area contributed by atoms with E-state index in [1.807, 2.05) is 18.2 Å². The second-order valence-electron chi connectivity index (χ2n) is 9.29. The van der Waals surface area contributed by atoms with Crippen molar-refractivity contribution in [2.45, 2.75) is 32.4 Å². The van der Waals surface area contributed by atoms with Gasteiger partial charge in [-0.1, -0.05) is 24.8 Å². The molecule has 1 aromatic carbocycles. The van der Waals surface area contributed by atoms with Crippen LogP contribution in [0, 0.1) is 6.92 Å². The van der Waals surface area contributed by atoms with Gasteiger partial charge in [0, 0.05) is 58.9 Å². The lowest BCUT2D eigenvalue weighted by Gasteiger charge is -2.34. The van der Waals surface area contributed by atoms with Crippen molar-refractivity contribution in [1.29, 1.82) is 0 Å². The van der Waals surface area contributed by atoms with Crippen molar-refractivity contribution in [3.8, 4) is 11.4 Å². The van der Waals surface area contributed by atoms with Gasteiger partial charge in [-0.25, -0.2) is 4.98 Å². The van der Waals surface area contributed by atoms with E-state index >= 15 is 0 Å². The summed E-state index contributed by atoms with van der Waals surface area (Å²) in [6.07, 6.45) is 9.32. The number of hydrogen-bond acceptors (Lipinski definition) is 5. The molecule has 1 atom stereocenters. The van der Waals surface area contributed by atoms with Gasteiger partial charge in [-0.3, -0.25) is 0 Å². The van der Waals surface area contributed by atoms with Crippen LogP contribution in [0.15, 0.2) is 79.3 Å². The predicted octanol–water partition coefficient (Wildman–Crippen LogP) is 3.97. The first-order valence-corrected chi connectivity index (χ1v) is 12.1. The number of benzene rings is 1. The van der Waals surface area contributed by atoms with Crippen molar-refractivity contribution in [3.63, 3.8) is 0 Å². The zero-order chi connectivity index (χ0) is 24.5. The predicted molar refractivity (Wildman–Crippen MR) is 144 cm³/mol. The molecule has 6 N–H and O–H groups in total. The summed E-state index contributed by atoms with van der Waals surface area (Å²) in [6, 6.07) is 14.9. The summed E-state index contributed by atoms with van der Waals surface area (Å²) < 4.78 is 4.35. The molecule has 1 saturated heterocycles. The Balaban J connectivity index is 1.57. The van der Waals surface area contributed by atoms with E-state index in [9.17, 15) is 0 Å². The van der Waals surface area contributed by atoms with E-state index in [1.165, 1.54) is 6.20 Å². The molecule has 0 bridgehead atoms. The highest BCUT2D eigenvalue weighted by atomic mass is 15.2. The summed E-state index contributed by atoms with van der Waals surface area (Å²) >= 11 is 0. The van der Waals surface area contributed by atoms with Crippen LogP contribution in [-0.2, 0) is 6.54 Å². The Hall–Kier alpha value is -3.97. The first-order valence-electron chi connectivity index (χ1n) is 12.1. The van der Waals surface area contributed by atoms with Gasteiger partial charge in [-0.05, 0) is 62.4 Å². The number of hydrogen-bond donors (Lipinski definition) is 3. The highest BCUT2D eigenvalue weighted by molar-refractivity contribution is 5.87. The Bertz CT molecular complexity index is 1450. The fourth-order valence-electron chi connectivity index (χ4n) is 5.02. The molecule has 0 aliphatic carbocycles. The van der Waals surface area contributed by atoms with E-state index in [2.05, 4.69) is 63.9 Å². The molecule has 1 aliphatic heterocycles. The Morgan fingerprint density at radius 2 is 2.06 bits per heavy atom. The minimum atomic E-state index is 0.202. The van der Waals surface area contributed by atoms with Crippen LogP contribution in [-0.4, -0.2) is 38.0 Å². The summed E-state index contributed by atoms with van der Waals surface area (Å²) in [5, 5.41) is 1.15. The molecule has 4 aromatic rings. The second-order valence-corrected chi connectivity index (χ2v) is 9.29. The third-order valence-electron chi connectivity index (χ3n) is 6.85. The molecule has 35 heavy (non-hydrogen) atoms. The number of rotatable bonds is 6. The lowest BCUT2D eigenvalue weighted by Crippen LogP contribution is -2.41. The highest BCUT2D eigenvalue weighted by Gasteiger charge is 2.21. The number of fused-ring (bicyclic) bond motifs is 2. The molecule has 4 heterocycles. The molecular formula is C28H33N7. The number of likely N-dealkylation sites (tertiary alicyclic amines) is 1. The minimum Gasteiger partial charge on any atom is -0.405 e. The normalized spacial score (nSPS) is 17.1. The molecule has 180 valence electrons. The highest BCUT2D eigenvalue weighted by Crippen LogP contribution is 2.32. The summed E-state index contributed by atoms with van der Waals surface area (Å²) in [5.41, 5.74) is 25.9. The zero-order valence-electron chi connectivity index (χ0n) is 20.2. The van der Waals surface area contributed by atoms with Gasteiger partial charge in [0.05, 0.1) is 12.2 Å².